The van der Waals surface area contributed by atoms with Gasteiger partial charge >= 0.3 is 0 Å². The van der Waals surface area contributed by atoms with Crippen molar-refractivity contribution in [3.05, 3.63) is 35.9 Å². The molecule has 0 spiro atoms. The van der Waals surface area contributed by atoms with Crippen molar-refractivity contribution in [2.45, 2.75) is 77.5 Å². The summed E-state index contributed by atoms with van der Waals surface area (Å²) < 4.78 is 5.63. The molecular formula is C21H33NO3. The van der Waals surface area contributed by atoms with Crippen LogP contribution in [0.25, 0.3) is 0 Å². The summed E-state index contributed by atoms with van der Waals surface area (Å²) in [6.07, 6.45) is 8.89. The molecule has 2 rings (SSSR count). The first-order valence-electron chi connectivity index (χ1n) is 9.80. The van der Waals surface area contributed by atoms with Crippen LogP contribution in [0.1, 0.15) is 64.4 Å². The van der Waals surface area contributed by atoms with Crippen molar-refractivity contribution >= 4 is 6.41 Å². The van der Waals surface area contributed by atoms with Gasteiger partial charge in [-0.2, -0.15) is 0 Å². The van der Waals surface area contributed by atoms with Gasteiger partial charge in [0.25, 0.3) is 0 Å². The van der Waals surface area contributed by atoms with Gasteiger partial charge in [-0.15, -0.1) is 0 Å². The molecule has 0 aliphatic carbocycles. The van der Waals surface area contributed by atoms with Gasteiger partial charge in [-0.3, -0.25) is 4.79 Å². The number of carbonyl (C=O) groups excluding carboxylic acids is 1. The monoisotopic (exact) mass is 347 g/mol. The van der Waals surface area contributed by atoms with Gasteiger partial charge in [0.1, 0.15) is 0 Å². The Balaban J connectivity index is 1.85. The Labute approximate surface area is 152 Å². The molecule has 1 amide bonds. The molecule has 140 valence electrons. The first-order valence-corrected chi connectivity index (χ1v) is 9.80. The second kappa shape index (κ2) is 11.3. The first kappa shape index (κ1) is 19.9. The highest BCUT2D eigenvalue weighted by Crippen LogP contribution is 2.24. The number of hydrogen-bond donors (Lipinski definition) is 0. The second-order valence-electron chi connectivity index (χ2n) is 7.08. The summed E-state index contributed by atoms with van der Waals surface area (Å²) in [7, 11) is 0. The fourth-order valence-electron chi connectivity index (χ4n) is 3.53. The molecule has 1 heterocycles. The Kier molecular flexibility index (Phi) is 8.98. The molecule has 0 N–H and O–H groups in total. The van der Waals surface area contributed by atoms with E-state index in [1.54, 1.807) is 0 Å². The van der Waals surface area contributed by atoms with Crippen molar-refractivity contribution in [3.63, 3.8) is 0 Å². The van der Waals surface area contributed by atoms with Gasteiger partial charge in [0.2, 0.25) is 6.41 Å². The maximum Gasteiger partial charge on any atom is 0.233 e. The lowest BCUT2D eigenvalue weighted by molar-refractivity contribution is -0.290. The normalized spacial score (nSPS) is 20.0. The van der Waals surface area contributed by atoms with Crippen molar-refractivity contribution < 1.29 is 14.4 Å². The van der Waals surface area contributed by atoms with E-state index in [0.29, 0.717) is 5.92 Å². The van der Waals surface area contributed by atoms with E-state index in [2.05, 4.69) is 44.2 Å². The van der Waals surface area contributed by atoms with Gasteiger partial charge in [0.05, 0.1) is 6.04 Å². The molecule has 1 aromatic rings. The predicted octanol–water partition coefficient (Wildman–Crippen LogP) is 4.73. The van der Waals surface area contributed by atoms with E-state index < -0.39 is 0 Å². The summed E-state index contributed by atoms with van der Waals surface area (Å²) in [5.41, 5.74) is 1.38. The molecule has 4 nitrogen and oxygen atoms in total. The molecule has 0 aromatic heterocycles. The van der Waals surface area contributed by atoms with Gasteiger partial charge in [0.15, 0.2) is 6.29 Å². The number of amides is 1. The molecular weight excluding hydrogens is 314 g/mol. The summed E-state index contributed by atoms with van der Waals surface area (Å²) in [4.78, 5) is 17.5. The van der Waals surface area contributed by atoms with Crippen LogP contribution >= 0.6 is 0 Å². The summed E-state index contributed by atoms with van der Waals surface area (Å²) in [5, 5.41) is 1.53. The summed E-state index contributed by atoms with van der Waals surface area (Å²) in [6.45, 7) is 5.11. The molecule has 1 unspecified atom stereocenters. The maximum absolute atomic E-state index is 11.6. The highest BCUT2D eigenvalue weighted by Gasteiger charge is 2.27. The second-order valence-corrected chi connectivity index (χ2v) is 7.08. The van der Waals surface area contributed by atoms with E-state index in [-0.39, 0.29) is 12.3 Å². The van der Waals surface area contributed by atoms with Crippen molar-refractivity contribution in [2.24, 2.45) is 5.92 Å². The van der Waals surface area contributed by atoms with Gasteiger partial charge in [-0.25, -0.2) is 9.90 Å². The fourth-order valence-corrected chi connectivity index (χ4v) is 3.53. The summed E-state index contributed by atoms with van der Waals surface area (Å²) >= 11 is 0. The highest BCUT2D eigenvalue weighted by atomic mass is 16.8. The van der Waals surface area contributed by atoms with E-state index in [9.17, 15) is 4.79 Å². The third kappa shape index (κ3) is 6.79. The molecule has 1 fully saturated rings. The lowest BCUT2D eigenvalue weighted by Gasteiger charge is -2.35. The van der Waals surface area contributed by atoms with Crippen molar-refractivity contribution in [2.75, 3.05) is 6.61 Å². The van der Waals surface area contributed by atoms with Crippen LogP contribution in [-0.4, -0.2) is 30.4 Å². The Morgan fingerprint density at radius 2 is 2.08 bits per heavy atom. The number of carbonyl (C=O) groups is 1. The Morgan fingerprint density at radius 1 is 1.28 bits per heavy atom. The summed E-state index contributed by atoms with van der Waals surface area (Å²) in [6, 6.07) is 10.7. The van der Waals surface area contributed by atoms with Crippen LogP contribution in [0.3, 0.4) is 0 Å². The van der Waals surface area contributed by atoms with Gasteiger partial charge in [0, 0.05) is 13.0 Å². The van der Waals surface area contributed by atoms with E-state index >= 15 is 0 Å². The topological polar surface area (TPSA) is 38.8 Å². The predicted molar refractivity (Wildman–Crippen MR) is 99.8 cm³/mol. The van der Waals surface area contributed by atoms with E-state index in [1.165, 1.54) is 10.6 Å². The number of nitrogens with zero attached hydrogens (tertiary/aromatic N) is 1. The lowest BCUT2D eigenvalue weighted by Crippen LogP contribution is -2.42. The van der Waals surface area contributed by atoms with Crippen LogP contribution in [0.4, 0.5) is 0 Å². The minimum Gasteiger partial charge on any atom is -0.350 e. The first-order chi connectivity index (χ1) is 12.2. The average Bonchev–Trinajstić information content (AvgIpc) is 2.66. The van der Waals surface area contributed by atoms with Gasteiger partial charge in [-0.1, -0.05) is 50.6 Å². The van der Waals surface area contributed by atoms with Crippen molar-refractivity contribution in [1.82, 2.24) is 5.06 Å². The fraction of sp³-hybridized carbons (Fsp3) is 0.667. The van der Waals surface area contributed by atoms with Gasteiger partial charge in [-0.05, 0) is 50.0 Å². The standard InChI is InChI=1S/C21H33NO3/c1-3-10-20(22(17-23)25-21-15-7-8-16-24-21)18(2)11-9-14-19-12-5-4-6-13-19/h4-6,12-13,17-18,20-21H,3,7-11,14-16H2,1-2H3/t18-,20+,21?/m1/s1. The SMILES string of the molecule is CCC[C@@H]([C@H](C)CCCc1ccccc1)N(C=O)OC1CCCCO1. The molecule has 1 aliphatic rings. The lowest BCUT2D eigenvalue weighted by atomic mass is 9.91. The van der Waals surface area contributed by atoms with Crippen LogP contribution in [0.2, 0.25) is 0 Å². The summed E-state index contributed by atoms with van der Waals surface area (Å²) in [5.74, 6) is 0.400. The van der Waals surface area contributed by atoms with Crippen LogP contribution in [0, 0.1) is 5.92 Å². The molecule has 1 aliphatic heterocycles. The number of benzene rings is 1. The number of hydrogen-bond acceptors (Lipinski definition) is 3. The highest BCUT2D eigenvalue weighted by molar-refractivity contribution is 5.45. The molecule has 0 saturated carbocycles. The zero-order chi connectivity index (χ0) is 17.9. The Hall–Kier alpha value is -1.39. The number of hydroxylamine groups is 2. The van der Waals surface area contributed by atoms with E-state index in [4.69, 9.17) is 9.57 Å². The van der Waals surface area contributed by atoms with E-state index in [1.807, 2.05) is 0 Å². The minimum atomic E-state index is -0.269. The molecule has 3 atom stereocenters. The van der Waals surface area contributed by atoms with Crippen LogP contribution in [0.15, 0.2) is 30.3 Å². The Bertz CT molecular complexity index is 473. The Morgan fingerprint density at radius 3 is 2.72 bits per heavy atom. The molecule has 0 radical (unpaired) electrons. The van der Waals surface area contributed by atoms with Crippen LogP contribution in [0.5, 0.6) is 0 Å². The van der Waals surface area contributed by atoms with Crippen molar-refractivity contribution in [1.29, 1.82) is 0 Å². The zero-order valence-electron chi connectivity index (χ0n) is 15.7. The largest absolute Gasteiger partial charge is 0.350 e. The van der Waals surface area contributed by atoms with Crippen LogP contribution in [-0.2, 0) is 20.8 Å². The third-order valence-corrected chi connectivity index (χ3v) is 5.02. The molecule has 25 heavy (non-hydrogen) atoms. The maximum atomic E-state index is 11.6. The molecule has 1 saturated heterocycles. The average molecular weight is 347 g/mol. The van der Waals surface area contributed by atoms with Gasteiger partial charge < -0.3 is 4.74 Å². The number of rotatable bonds is 11. The molecule has 0 bridgehead atoms. The smallest absolute Gasteiger partial charge is 0.233 e. The molecule has 1 aromatic carbocycles. The third-order valence-electron chi connectivity index (χ3n) is 5.02. The van der Waals surface area contributed by atoms with Crippen LogP contribution < -0.4 is 0 Å². The van der Waals surface area contributed by atoms with E-state index in [0.717, 1.165) is 64.4 Å². The number of aryl methyl sites for hydroxylation is 1. The quantitative estimate of drug-likeness (QED) is 0.429. The van der Waals surface area contributed by atoms with Crippen molar-refractivity contribution in [3.8, 4) is 0 Å². The number of ether oxygens (including phenoxy) is 1. The zero-order valence-corrected chi connectivity index (χ0v) is 15.7. The minimum absolute atomic E-state index is 0.115. The molecule has 4 heteroatoms.